The highest BCUT2D eigenvalue weighted by atomic mass is 16.1. The fourth-order valence-electron chi connectivity index (χ4n) is 1.89. The SMILES string of the molecule is CCCCCCC(C)NCCC(=O)NC(C)(C)C. The first-order chi connectivity index (χ1) is 8.35. The van der Waals surface area contributed by atoms with E-state index in [2.05, 4.69) is 24.5 Å². The summed E-state index contributed by atoms with van der Waals surface area (Å²) in [5, 5.41) is 6.39. The van der Waals surface area contributed by atoms with Gasteiger partial charge in [-0.15, -0.1) is 0 Å². The summed E-state index contributed by atoms with van der Waals surface area (Å²) in [5.41, 5.74) is -0.122. The van der Waals surface area contributed by atoms with Crippen LogP contribution in [0.25, 0.3) is 0 Å². The molecule has 1 atom stereocenters. The van der Waals surface area contributed by atoms with Gasteiger partial charge in [-0.3, -0.25) is 4.79 Å². The number of hydrogen-bond acceptors (Lipinski definition) is 2. The van der Waals surface area contributed by atoms with E-state index in [1.54, 1.807) is 0 Å². The Kier molecular flexibility index (Phi) is 9.08. The lowest BCUT2D eigenvalue weighted by Crippen LogP contribution is -2.42. The molecule has 18 heavy (non-hydrogen) atoms. The Bertz CT molecular complexity index is 221. The zero-order valence-corrected chi connectivity index (χ0v) is 12.9. The lowest BCUT2D eigenvalue weighted by molar-refractivity contribution is -0.122. The number of rotatable bonds is 9. The molecule has 0 aromatic carbocycles. The van der Waals surface area contributed by atoms with Crippen LogP contribution in [0.4, 0.5) is 0 Å². The molecule has 0 spiro atoms. The number of carbonyl (C=O) groups is 1. The topological polar surface area (TPSA) is 41.1 Å². The van der Waals surface area contributed by atoms with Crippen molar-refractivity contribution in [3.63, 3.8) is 0 Å². The molecule has 0 bridgehead atoms. The molecule has 0 aliphatic carbocycles. The Hall–Kier alpha value is -0.570. The van der Waals surface area contributed by atoms with Crippen molar-refractivity contribution in [2.75, 3.05) is 6.54 Å². The standard InChI is InChI=1S/C15H32N2O/c1-6-7-8-9-10-13(2)16-12-11-14(18)17-15(3,4)5/h13,16H,6-12H2,1-5H3,(H,17,18). The molecule has 1 unspecified atom stereocenters. The van der Waals surface area contributed by atoms with Gasteiger partial charge in [0.1, 0.15) is 0 Å². The smallest absolute Gasteiger partial charge is 0.221 e. The second-order valence-corrected chi connectivity index (χ2v) is 6.25. The molecule has 0 heterocycles. The highest BCUT2D eigenvalue weighted by Gasteiger charge is 2.13. The van der Waals surface area contributed by atoms with Gasteiger partial charge in [-0.2, -0.15) is 0 Å². The van der Waals surface area contributed by atoms with Crippen molar-refractivity contribution in [3.8, 4) is 0 Å². The molecule has 2 N–H and O–H groups in total. The second-order valence-electron chi connectivity index (χ2n) is 6.25. The third-order valence-corrected chi connectivity index (χ3v) is 2.85. The van der Waals surface area contributed by atoms with E-state index < -0.39 is 0 Å². The van der Waals surface area contributed by atoms with Crippen molar-refractivity contribution in [2.45, 2.75) is 84.7 Å². The normalized spacial score (nSPS) is 13.4. The van der Waals surface area contributed by atoms with Gasteiger partial charge in [-0.1, -0.05) is 32.6 Å². The van der Waals surface area contributed by atoms with Crippen LogP contribution in [0.2, 0.25) is 0 Å². The zero-order valence-electron chi connectivity index (χ0n) is 12.9. The molecule has 3 nitrogen and oxygen atoms in total. The average molecular weight is 256 g/mol. The molecule has 108 valence electrons. The minimum Gasteiger partial charge on any atom is -0.351 e. The monoisotopic (exact) mass is 256 g/mol. The van der Waals surface area contributed by atoms with Crippen LogP contribution in [-0.4, -0.2) is 24.0 Å². The van der Waals surface area contributed by atoms with Gasteiger partial charge in [0.15, 0.2) is 0 Å². The molecular weight excluding hydrogens is 224 g/mol. The zero-order chi connectivity index (χ0) is 14.0. The van der Waals surface area contributed by atoms with Gasteiger partial charge in [0.2, 0.25) is 5.91 Å². The van der Waals surface area contributed by atoms with Gasteiger partial charge >= 0.3 is 0 Å². The van der Waals surface area contributed by atoms with Crippen LogP contribution in [0, 0.1) is 0 Å². The molecule has 0 aromatic rings. The van der Waals surface area contributed by atoms with Gasteiger partial charge in [0, 0.05) is 24.5 Å². The van der Waals surface area contributed by atoms with Crippen molar-refractivity contribution in [1.29, 1.82) is 0 Å². The van der Waals surface area contributed by atoms with Crippen molar-refractivity contribution in [1.82, 2.24) is 10.6 Å². The summed E-state index contributed by atoms with van der Waals surface area (Å²) < 4.78 is 0. The Labute approximate surface area is 113 Å². The number of hydrogen-bond donors (Lipinski definition) is 2. The highest BCUT2D eigenvalue weighted by Crippen LogP contribution is 2.05. The first kappa shape index (κ1) is 17.4. The van der Waals surface area contributed by atoms with Gasteiger partial charge in [-0.25, -0.2) is 0 Å². The quantitative estimate of drug-likeness (QED) is 0.622. The fraction of sp³-hybridized carbons (Fsp3) is 0.933. The second kappa shape index (κ2) is 9.37. The predicted molar refractivity (Wildman–Crippen MR) is 78.7 cm³/mol. The summed E-state index contributed by atoms with van der Waals surface area (Å²) in [7, 11) is 0. The summed E-state index contributed by atoms with van der Waals surface area (Å²) in [4.78, 5) is 11.6. The molecule has 3 heteroatoms. The third kappa shape index (κ3) is 11.9. The van der Waals surface area contributed by atoms with Crippen LogP contribution in [-0.2, 0) is 4.79 Å². The minimum absolute atomic E-state index is 0.122. The van der Waals surface area contributed by atoms with E-state index in [0.29, 0.717) is 12.5 Å². The Morgan fingerprint density at radius 3 is 2.39 bits per heavy atom. The molecule has 0 saturated carbocycles. The van der Waals surface area contributed by atoms with Crippen molar-refractivity contribution < 1.29 is 4.79 Å². The van der Waals surface area contributed by atoms with E-state index in [1.165, 1.54) is 32.1 Å². The Balaban J connectivity index is 3.50. The van der Waals surface area contributed by atoms with Crippen LogP contribution in [0.1, 0.15) is 73.1 Å². The molecule has 0 rings (SSSR count). The molecule has 0 fully saturated rings. The van der Waals surface area contributed by atoms with Crippen molar-refractivity contribution in [2.24, 2.45) is 0 Å². The minimum atomic E-state index is -0.122. The van der Waals surface area contributed by atoms with E-state index >= 15 is 0 Å². The summed E-state index contributed by atoms with van der Waals surface area (Å²) in [5.74, 6) is 0.133. The van der Waals surface area contributed by atoms with Crippen LogP contribution in [0.3, 0.4) is 0 Å². The van der Waals surface area contributed by atoms with E-state index in [4.69, 9.17) is 0 Å². The third-order valence-electron chi connectivity index (χ3n) is 2.85. The summed E-state index contributed by atoms with van der Waals surface area (Å²) in [6.45, 7) is 11.2. The van der Waals surface area contributed by atoms with E-state index in [-0.39, 0.29) is 11.4 Å². The van der Waals surface area contributed by atoms with E-state index in [1.807, 2.05) is 20.8 Å². The van der Waals surface area contributed by atoms with E-state index in [9.17, 15) is 4.79 Å². The van der Waals surface area contributed by atoms with Gasteiger partial charge in [0.25, 0.3) is 0 Å². The largest absolute Gasteiger partial charge is 0.351 e. The summed E-state index contributed by atoms with van der Waals surface area (Å²) in [6, 6.07) is 0.518. The highest BCUT2D eigenvalue weighted by molar-refractivity contribution is 5.76. The Morgan fingerprint density at radius 2 is 1.83 bits per heavy atom. The van der Waals surface area contributed by atoms with Crippen LogP contribution >= 0.6 is 0 Å². The molecule has 1 amide bonds. The number of carbonyl (C=O) groups excluding carboxylic acids is 1. The number of amides is 1. The summed E-state index contributed by atoms with van der Waals surface area (Å²) in [6.07, 6.45) is 7.01. The molecule has 0 aromatic heterocycles. The molecule has 0 aliphatic rings. The Morgan fingerprint density at radius 1 is 1.17 bits per heavy atom. The maximum atomic E-state index is 11.6. The number of unbranched alkanes of at least 4 members (excludes halogenated alkanes) is 3. The number of nitrogens with one attached hydrogen (secondary N) is 2. The fourth-order valence-corrected chi connectivity index (χ4v) is 1.89. The average Bonchev–Trinajstić information content (AvgIpc) is 2.22. The molecule has 0 aliphatic heterocycles. The molecule has 0 radical (unpaired) electrons. The predicted octanol–water partition coefficient (Wildman–Crippen LogP) is 3.24. The van der Waals surface area contributed by atoms with Gasteiger partial charge in [0.05, 0.1) is 0 Å². The maximum absolute atomic E-state index is 11.6. The summed E-state index contributed by atoms with van der Waals surface area (Å²) >= 11 is 0. The van der Waals surface area contributed by atoms with Crippen LogP contribution < -0.4 is 10.6 Å². The van der Waals surface area contributed by atoms with Crippen molar-refractivity contribution >= 4 is 5.91 Å². The van der Waals surface area contributed by atoms with Crippen LogP contribution in [0.15, 0.2) is 0 Å². The lowest BCUT2D eigenvalue weighted by Gasteiger charge is -2.21. The molecular formula is C15H32N2O. The molecule has 0 saturated heterocycles. The van der Waals surface area contributed by atoms with Crippen molar-refractivity contribution in [3.05, 3.63) is 0 Å². The maximum Gasteiger partial charge on any atom is 0.221 e. The van der Waals surface area contributed by atoms with Gasteiger partial charge < -0.3 is 10.6 Å². The van der Waals surface area contributed by atoms with Gasteiger partial charge in [-0.05, 0) is 34.1 Å². The van der Waals surface area contributed by atoms with Crippen LogP contribution in [0.5, 0.6) is 0 Å². The lowest BCUT2D eigenvalue weighted by atomic mass is 10.1. The first-order valence-corrected chi connectivity index (χ1v) is 7.39. The van der Waals surface area contributed by atoms with E-state index in [0.717, 1.165) is 6.54 Å². The first-order valence-electron chi connectivity index (χ1n) is 7.39.